The van der Waals surface area contributed by atoms with Gasteiger partial charge in [0.05, 0.1) is 0 Å². The van der Waals surface area contributed by atoms with Crippen LogP contribution in [0, 0.1) is 0 Å². The summed E-state index contributed by atoms with van der Waals surface area (Å²) in [4.78, 5) is 13.9. The molecule has 0 bridgehead atoms. The smallest absolute Gasteiger partial charge is 0.178 e. The molecule has 0 aliphatic carbocycles. The van der Waals surface area contributed by atoms with Crippen molar-refractivity contribution in [3.8, 4) is 0 Å². The Hall–Kier alpha value is -2.88. The van der Waals surface area contributed by atoms with Gasteiger partial charge < -0.3 is 9.80 Å². The highest BCUT2D eigenvalue weighted by molar-refractivity contribution is 5.87. The Morgan fingerprint density at radius 2 is 1.43 bits per heavy atom. The van der Waals surface area contributed by atoms with Crippen LogP contribution in [0.5, 0.6) is 0 Å². The topological polar surface area (TPSA) is 32.3 Å². The van der Waals surface area contributed by atoms with E-state index in [1.54, 1.807) is 12.4 Å². The van der Waals surface area contributed by atoms with Crippen LogP contribution in [0.2, 0.25) is 0 Å². The van der Waals surface area contributed by atoms with E-state index in [2.05, 4.69) is 75.2 Å². The lowest BCUT2D eigenvalue weighted by Gasteiger charge is -2.29. The summed E-state index contributed by atoms with van der Waals surface area (Å²) in [5.41, 5.74) is 3.77. The van der Waals surface area contributed by atoms with Gasteiger partial charge in [-0.05, 0) is 23.8 Å². The molecular weight excluding hydrogens is 284 g/mol. The van der Waals surface area contributed by atoms with Gasteiger partial charge in [-0.2, -0.15) is 0 Å². The van der Waals surface area contributed by atoms with E-state index in [1.165, 1.54) is 11.3 Å². The number of rotatable bonds is 1. The summed E-state index contributed by atoms with van der Waals surface area (Å²) in [6.45, 7) is 2.28. The summed E-state index contributed by atoms with van der Waals surface area (Å²) in [6.07, 6.45) is 3.73. The zero-order valence-electron chi connectivity index (χ0n) is 12.8. The van der Waals surface area contributed by atoms with Crippen molar-refractivity contribution in [3.05, 3.63) is 72.6 Å². The van der Waals surface area contributed by atoms with Crippen molar-refractivity contribution >= 4 is 23.0 Å². The van der Waals surface area contributed by atoms with E-state index in [-0.39, 0.29) is 6.17 Å². The first-order valence-corrected chi connectivity index (χ1v) is 7.90. The molecule has 0 amide bonds. The molecule has 1 aromatic heterocycles. The summed E-state index contributed by atoms with van der Waals surface area (Å²) in [6, 6.07) is 19.1. The van der Waals surface area contributed by atoms with Crippen LogP contribution < -0.4 is 9.80 Å². The van der Waals surface area contributed by atoms with Crippen molar-refractivity contribution in [2.75, 3.05) is 9.80 Å². The largest absolute Gasteiger partial charge is 0.301 e. The van der Waals surface area contributed by atoms with E-state index in [4.69, 9.17) is 0 Å². The molecule has 112 valence electrons. The number of hydrogen-bond donors (Lipinski definition) is 0. The molecule has 0 saturated heterocycles. The van der Waals surface area contributed by atoms with Gasteiger partial charge in [0.25, 0.3) is 0 Å². The minimum Gasteiger partial charge on any atom is -0.301 e. The molecule has 4 nitrogen and oxygen atoms in total. The lowest BCUT2D eigenvalue weighted by atomic mass is 10.0. The van der Waals surface area contributed by atoms with Gasteiger partial charge in [0.1, 0.15) is 6.17 Å². The first-order valence-electron chi connectivity index (χ1n) is 7.90. The monoisotopic (exact) mass is 300 g/mol. The normalized spacial score (nSPS) is 21.1. The Morgan fingerprint density at radius 3 is 2.22 bits per heavy atom. The molecule has 0 radical (unpaired) electrons. The molecule has 0 spiro atoms. The minimum absolute atomic E-state index is 0.187. The molecule has 0 fully saturated rings. The Labute approximate surface area is 135 Å². The Morgan fingerprint density at radius 1 is 0.783 bits per heavy atom. The highest BCUT2D eigenvalue weighted by atomic mass is 15.5. The number of para-hydroxylation sites is 2. The van der Waals surface area contributed by atoms with Crippen LogP contribution in [0.25, 0.3) is 0 Å². The van der Waals surface area contributed by atoms with Gasteiger partial charge in [0.2, 0.25) is 0 Å². The van der Waals surface area contributed by atoms with Gasteiger partial charge >= 0.3 is 0 Å². The first kappa shape index (κ1) is 12.6. The van der Waals surface area contributed by atoms with Crippen LogP contribution in [-0.4, -0.2) is 16.1 Å². The number of benzene rings is 2. The quantitative estimate of drug-likeness (QED) is 0.674. The molecule has 0 N–H and O–H groups in total. The van der Waals surface area contributed by atoms with E-state index >= 15 is 0 Å². The van der Waals surface area contributed by atoms with E-state index in [0.717, 1.165) is 17.3 Å². The standard InChI is InChI=1S/C19H16N4/c1-13-15-9-5-6-10-16(15)23-18-17(20-11-12-21-18)22(19(13)23)14-7-3-2-4-8-14/h2-13,19H,1H3. The molecule has 0 saturated carbocycles. The minimum atomic E-state index is 0.187. The second kappa shape index (κ2) is 4.56. The van der Waals surface area contributed by atoms with Crippen LogP contribution in [-0.2, 0) is 0 Å². The van der Waals surface area contributed by atoms with Gasteiger partial charge in [0, 0.05) is 29.7 Å². The fraction of sp³-hybridized carbons (Fsp3) is 0.158. The Bertz CT molecular complexity index is 862. The first-order chi connectivity index (χ1) is 11.4. The molecule has 2 unspecified atom stereocenters. The highest BCUT2D eigenvalue weighted by Crippen LogP contribution is 2.54. The number of aromatic nitrogens is 2. The molecular formula is C19H16N4. The average molecular weight is 300 g/mol. The third-order valence-electron chi connectivity index (χ3n) is 4.81. The molecule has 3 aromatic rings. The second-order valence-electron chi connectivity index (χ2n) is 6.04. The number of nitrogens with zero attached hydrogens (tertiary/aromatic N) is 4. The van der Waals surface area contributed by atoms with Gasteiger partial charge in [-0.25, -0.2) is 9.97 Å². The zero-order valence-corrected chi connectivity index (χ0v) is 12.8. The van der Waals surface area contributed by atoms with Crippen LogP contribution in [0.15, 0.2) is 67.0 Å². The predicted octanol–water partition coefficient (Wildman–Crippen LogP) is 4.21. The van der Waals surface area contributed by atoms with Crippen molar-refractivity contribution in [1.82, 2.24) is 9.97 Å². The van der Waals surface area contributed by atoms with E-state index < -0.39 is 0 Å². The van der Waals surface area contributed by atoms with E-state index in [1.807, 2.05) is 6.07 Å². The molecule has 4 heteroatoms. The van der Waals surface area contributed by atoms with Gasteiger partial charge in [0.15, 0.2) is 11.6 Å². The summed E-state index contributed by atoms with van der Waals surface area (Å²) in [7, 11) is 0. The Balaban J connectivity index is 1.77. The maximum atomic E-state index is 4.63. The van der Waals surface area contributed by atoms with Crippen LogP contribution >= 0.6 is 0 Å². The molecule has 2 aromatic carbocycles. The Kier molecular flexibility index (Phi) is 2.50. The SMILES string of the molecule is CC1c2ccccc2N2c3nccnc3N(c3ccccc3)C12. The fourth-order valence-corrected chi connectivity index (χ4v) is 3.85. The van der Waals surface area contributed by atoms with E-state index in [9.17, 15) is 0 Å². The highest BCUT2D eigenvalue weighted by Gasteiger charge is 2.48. The van der Waals surface area contributed by atoms with Crippen molar-refractivity contribution in [2.24, 2.45) is 0 Å². The predicted molar refractivity (Wildman–Crippen MR) is 91.4 cm³/mol. The van der Waals surface area contributed by atoms with Crippen molar-refractivity contribution in [1.29, 1.82) is 0 Å². The number of hydrogen-bond acceptors (Lipinski definition) is 4. The molecule has 2 aliphatic heterocycles. The van der Waals surface area contributed by atoms with Crippen molar-refractivity contribution < 1.29 is 0 Å². The van der Waals surface area contributed by atoms with E-state index in [0.29, 0.717) is 5.92 Å². The third kappa shape index (κ3) is 1.60. The maximum absolute atomic E-state index is 4.63. The number of fused-ring (bicyclic) bond motifs is 5. The van der Waals surface area contributed by atoms with Gasteiger partial charge in [-0.1, -0.05) is 43.3 Å². The van der Waals surface area contributed by atoms with Crippen LogP contribution in [0.4, 0.5) is 23.0 Å². The van der Waals surface area contributed by atoms with Crippen molar-refractivity contribution in [2.45, 2.75) is 19.0 Å². The van der Waals surface area contributed by atoms with Crippen molar-refractivity contribution in [3.63, 3.8) is 0 Å². The second-order valence-corrected chi connectivity index (χ2v) is 6.04. The summed E-state index contributed by atoms with van der Waals surface area (Å²) < 4.78 is 0. The summed E-state index contributed by atoms with van der Waals surface area (Å²) >= 11 is 0. The van der Waals surface area contributed by atoms with Crippen LogP contribution in [0.1, 0.15) is 18.4 Å². The molecule has 23 heavy (non-hydrogen) atoms. The summed E-state index contributed by atoms with van der Waals surface area (Å²) in [5.74, 6) is 2.26. The van der Waals surface area contributed by atoms with Crippen LogP contribution in [0.3, 0.4) is 0 Å². The zero-order chi connectivity index (χ0) is 15.4. The third-order valence-corrected chi connectivity index (χ3v) is 4.81. The lowest BCUT2D eigenvalue weighted by molar-refractivity contribution is 0.618. The number of anilines is 4. The average Bonchev–Trinajstić information content (AvgIpc) is 3.10. The lowest BCUT2D eigenvalue weighted by Crippen LogP contribution is -2.37. The molecule has 2 atom stereocenters. The molecule has 2 aliphatic rings. The van der Waals surface area contributed by atoms with Gasteiger partial charge in [-0.15, -0.1) is 0 Å². The molecule has 3 heterocycles. The summed E-state index contributed by atoms with van der Waals surface area (Å²) in [5, 5.41) is 0. The van der Waals surface area contributed by atoms with Gasteiger partial charge in [-0.3, -0.25) is 0 Å². The molecule has 5 rings (SSSR count). The maximum Gasteiger partial charge on any atom is 0.178 e. The fourth-order valence-electron chi connectivity index (χ4n) is 3.85.